The minimum absolute atomic E-state index is 0.000225. The number of hydrogen-bond acceptors (Lipinski definition) is 2. The molecule has 1 aliphatic rings. The molecule has 0 spiro atoms. The Hall–Kier alpha value is -6.12. The van der Waals surface area contributed by atoms with Gasteiger partial charge in [0, 0.05) is 27.7 Å². The first kappa shape index (κ1) is 32.5. The highest BCUT2D eigenvalue weighted by molar-refractivity contribution is 6.14. The summed E-state index contributed by atoms with van der Waals surface area (Å²) >= 11 is 0. The van der Waals surface area contributed by atoms with Crippen LogP contribution in [0.15, 0.2) is 156 Å². The zero-order valence-electron chi connectivity index (χ0n) is 31.8. The smallest absolute Gasteiger partial charge is 0.159 e. The fourth-order valence-corrected chi connectivity index (χ4v) is 8.47. The lowest BCUT2D eigenvalue weighted by Crippen LogP contribution is -2.14. The van der Waals surface area contributed by atoms with Crippen LogP contribution in [0.25, 0.3) is 76.9 Å². The lowest BCUT2D eigenvalue weighted by Gasteiger charge is -2.29. The lowest BCUT2D eigenvalue weighted by atomic mass is 9.77. The van der Waals surface area contributed by atoms with Gasteiger partial charge in [0.05, 0.1) is 5.69 Å². The molecule has 0 saturated heterocycles. The predicted molar refractivity (Wildman–Crippen MR) is 231 cm³/mol. The average Bonchev–Trinajstić information content (AvgIpc) is 3.56. The highest BCUT2D eigenvalue weighted by Gasteiger charge is 2.27. The van der Waals surface area contributed by atoms with Crippen LogP contribution < -0.4 is 4.90 Å². The number of anilines is 3. The third-order valence-corrected chi connectivity index (χ3v) is 11.4. The Labute approximate surface area is 317 Å². The van der Waals surface area contributed by atoms with E-state index in [0.717, 1.165) is 39.0 Å². The quantitative estimate of drug-likeness (QED) is 0.182. The number of benzene rings is 8. The van der Waals surface area contributed by atoms with E-state index in [-0.39, 0.29) is 10.8 Å². The number of fused-ring (bicyclic) bond motifs is 9. The first-order chi connectivity index (χ1) is 26.0. The van der Waals surface area contributed by atoms with Crippen LogP contribution in [0.5, 0.6) is 0 Å². The summed E-state index contributed by atoms with van der Waals surface area (Å²) in [5.74, 6) is 0. The molecule has 262 valence electrons. The summed E-state index contributed by atoms with van der Waals surface area (Å²) in [5, 5.41) is 7.29. The minimum Gasteiger partial charge on any atom is -0.454 e. The molecule has 0 radical (unpaired) electrons. The SMILES string of the molecule is CC(C)(C)c1cccc(N(c2ccc3cc4c(cc3c2)-c2cc3cc(-c5ccccc5)ccc3cc2-4)c2cccc3c2oc2c(C(C)(C)C)cccc23)c1. The van der Waals surface area contributed by atoms with Crippen molar-refractivity contribution in [2.75, 3.05) is 4.90 Å². The fourth-order valence-electron chi connectivity index (χ4n) is 8.47. The molecular weight excluding hydrogens is 655 g/mol. The van der Waals surface area contributed by atoms with Crippen molar-refractivity contribution in [3.8, 4) is 33.4 Å². The topological polar surface area (TPSA) is 16.4 Å². The van der Waals surface area contributed by atoms with Gasteiger partial charge in [-0.3, -0.25) is 0 Å². The van der Waals surface area contributed by atoms with Crippen LogP contribution in [0.4, 0.5) is 17.1 Å². The summed E-state index contributed by atoms with van der Waals surface area (Å²) in [7, 11) is 0. The highest BCUT2D eigenvalue weighted by atomic mass is 16.3. The first-order valence-corrected chi connectivity index (χ1v) is 19.1. The summed E-state index contributed by atoms with van der Waals surface area (Å²) in [4.78, 5) is 2.39. The average molecular weight is 698 g/mol. The van der Waals surface area contributed by atoms with Crippen molar-refractivity contribution >= 4 is 60.5 Å². The maximum absolute atomic E-state index is 6.96. The van der Waals surface area contributed by atoms with Gasteiger partial charge in [0.2, 0.25) is 0 Å². The first-order valence-electron chi connectivity index (χ1n) is 19.1. The van der Waals surface area contributed by atoms with Gasteiger partial charge in [-0.25, -0.2) is 0 Å². The zero-order chi connectivity index (χ0) is 36.9. The lowest BCUT2D eigenvalue weighted by molar-refractivity contribution is 0.573. The van der Waals surface area contributed by atoms with Gasteiger partial charge >= 0.3 is 0 Å². The Morgan fingerprint density at radius 1 is 0.407 bits per heavy atom. The van der Waals surface area contributed by atoms with Crippen LogP contribution >= 0.6 is 0 Å². The molecule has 2 nitrogen and oxygen atoms in total. The molecule has 0 bridgehead atoms. The summed E-state index contributed by atoms with van der Waals surface area (Å²) in [6, 6.07) is 56.0. The normalized spacial score (nSPS) is 12.6. The van der Waals surface area contributed by atoms with Gasteiger partial charge in [-0.2, -0.15) is 0 Å². The number of hydrogen-bond donors (Lipinski definition) is 0. The van der Waals surface area contributed by atoms with Gasteiger partial charge in [0.15, 0.2) is 5.58 Å². The summed E-state index contributed by atoms with van der Waals surface area (Å²) in [6.45, 7) is 13.6. The molecule has 1 aromatic heterocycles. The molecule has 2 heteroatoms. The van der Waals surface area contributed by atoms with Crippen molar-refractivity contribution in [1.29, 1.82) is 0 Å². The van der Waals surface area contributed by atoms with Crippen LogP contribution in [-0.4, -0.2) is 0 Å². The molecule has 9 aromatic rings. The van der Waals surface area contributed by atoms with E-state index in [1.54, 1.807) is 0 Å². The maximum Gasteiger partial charge on any atom is 0.159 e. The standard InChI is InChI=1S/C52H43NO/c1-51(2,3)38-15-10-16-39(31-38)53(48-20-12-18-42-41-17-11-19-47(52(4,5)6)49(41)54-50(42)48)40-24-23-35-28-44-43-27-34-22-21-33(32-13-8-7-9-14-32)25-36(34)29-45(43)46(44)30-37(35)26-40/h7-31H,1-6H3. The van der Waals surface area contributed by atoms with E-state index in [4.69, 9.17) is 4.42 Å². The molecule has 0 aliphatic heterocycles. The molecule has 0 atom stereocenters. The molecule has 8 aromatic carbocycles. The Balaban J connectivity index is 1.14. The molecule has 0 N–H and O–H groups in total. The second-order valence-corrected chi connectivity index (χ2v) is 17.1. The van der Waals surface area contributed by atoms with E-state index in [1.165, 1.54) is 66.1 Å². The number of para-hydroxylation sites is 2. The monoisotopic (exact) mass is 697 g/mol. The molecule has 0 saturated carbocycles. The molecule has 0 amide bonds. The number of rotatable bonds is 4. The third kappa shape index (κ3) is 5.16. The third-order valence-electron chi connectivity index (χ3n) is 11.4. The van der Waals surface area contributed by atoms with Crippen LogP contribution in [0, 0.1) is 0 Å². The molecule has 0 unspecified atom stereocenters. The van der Waals surface area contributed by atoms with Gasteiger partial charge in [0.25, 0.3) is 0 Å². The Kier molecular flexibility index (Phi) is 7.04. The van der Waals surface area contributed by atoms with Gasteiger partial charge < -0.3 is 9.32 Å². The molecule has 0 fully saturated rings. The van der Waals surface area contributed by atoms with Gasteiger partial charge in [-0.15, -0.1) is 0 Å². The number of nitrogens with zero attached hydrogens (tertiary/aromatic N) is 1. The van der Waals surface area contributed by atoms with Crippen LogP contribution in [0.3, 0.4) is 0 Å². The van der Waals surface area contributed by atoms with Crippen molar-refractivity contribution in [3.63, 3.8) is 0 Å². The molecule has 1 heterocycles. The molecule has 54 heavy (non-hydrogen) atoms. The number of furan rings is 1. The van der Waals surface area contributed by atoms with E-state index in [2.05, 4.69) is 198 Å². The Bertz CT molecular complexity index is 2950. The maximum atomic E-state index is 6.96. The van der Waals surface area contributed by atoms with Crippen LogP contribution in [0.1, 0.15) is 52.7 Å². The van der Waals surface area contributed by atoms with Crippen molar-refractivity contribution in [3.05, 3.63) is 163 Å². The summed E-state index contributed by atoms with van der Waals surface area (Å²) < 4.78 is 6.96. The fraction of sp³-hybridized carbons (Fsp3) is 0.154. The molecule has 10 rings (SSSR count). The van der Waals surface area contributed by atoms with Crippen molar-refractivity contribution in [1.82, 2.24) is 0 Å². The summed E-state index contributed by atoms with van der Waals surface area (Å²) in [6.07, 6.45) is 0. The van der Waals surface area contributed by atoms with Crippen LogP contribution in [-0.2, 0) is 10.8 Å². The second-order valence-electron chi connectivity index (χ2n) is 17.1. The van der Waals surface area contributed by atoms with Gasteiger partial charge in [-0.05, 0) is 132 Å². The van der Waals surface area contributed by atoms with Crippen molar-refractivity contribution < 1.29 is 4.42 Å². The van der Waals surface area contributed by atoms with E-state index in [9.17, 15) is 0 Å². The molecular formula is C52H43NO. The van der Waals surface area contributed by atoms with E-state index in [0.29, 0.717) is 0 Å². The van der Waals surface area contributed by atoms with Gasteiger partial charge in [0.1, 0.15) is 5.58 Å². The summed E-state index contributed by atoms with van der Waals surface area (Å²) in [5.41, 5.74) is 15.4. The van der Waals surface area contributed by atoms with E-state index >= 15 is 0 Å². The zero-order valence-corrected chi connectivity index (χ0v) is 31.8. The Morgan fingerprint density at radius 3 is 1.69 bits per heavy atom. The van der Waals surface area contributed by atoms with Crippen molar-refractivity contribution in [2.24, 2.45) is 0 Å². The molecule has 1 aliphatic carbocycles. The second kappa shape index (κ2) is 11.7. The predicted octanol–water partition coefficient (Wildman–Crippen LogP) is 15.3. The largest absolute Gasteiger partial charge is 0.454 e. The highest BCUT2D eigenvalue weighted by Crippen LogP contribution is 2.51. The minimum atomic E-state index is -0.0523. The van der Waals surface area contributed by atoms with Gasteiger partial charge in [-0.1, -0.05) is 133 Å². The van der Waals surface area contributed by atoms with Crippen LogP contribution in [0.2, 0.25) is 0 Å². The van der Waals surface area contributed by atoms with E-state index in [1.807, 2.05) is 0 Å². The van der Waals surface area contributed by atoms with E-state index < -0.39 is 0 Å². The van der Waals surface area contributed by atoms with Crippen molar-refractivity contribution in [2.45, 2.75) is 52.4 Å². The Morgan fingerprint density at radius 2 is 1.00 bits per heavy atom.